The molecule has 0 spiro atoms. The maximum atomic E-state index is 12.6. The molecule has 0 radical (unpaired) electrons. The zero-order chi connectivity index (χ0) is 16.5. The molecule has 1 aliphatic heterocycles. The molecule has 2 N–H and O–H groups in total. The number of sulfonamides is 1. The molecule has 1 fully saturated rings. The van der Waals surface area contributed by atoms with Crippen LogP contribution in [0.25, 0.3) is 0 Å². The Balaban J connectivity index is 2.12. The van der Waals surface area contributed by atoms with E-state index in [1.807, 2.05) is 4.90 Å². The standard InChI is InChI=1S/C13H17Cl2N3O3S/c1-9(13(16)19)17-4-6-18(7-5-17)22(20,21)10-2-3-11(14)12(15)8-10/h2-3,8-9H,4-7H2,1H3,(H2,16,19)/t9-/m0/s1. The van der Waals surface area contributed by atoms with Crippen molar-refractivity contribution in [2.24, 2.45) is 5.73 Å². The second kappa shape index (κ2) is 6.72. The van der Waals surface area contributed by atoms with E-state index >= 15 is 0 Å². The van der Waals surface area contributed by atoms with Gasteiger partial charge in [-0.1, -0.05) is 23.2 Å². The smallest absolute Gasteiger partial charge is 0.243 e. The van der Waals surface area contributed by atoms with Gasteiger partial charge in [0.15, 0.2) is 0 Å². The lowest BCUT2D eigenvalue weighted by Gasteiger charge is -2.36. The number of primary amides is 1. The minimum atomic E-state index is -3.62. The van der Waals surface area contributed by atoms with Crippen LogP contribution in [-0.2, 0) is 14.8 Å². The highest BCUT2D eigenvalue weighted by atomic mass is 35.5. The molecule has 1 aromatic carbocycles. The van der Waals surface area contributed by atoms with Gasteiger partial charge in [0.05, 0.1) is 21.0 Å². The summed E-state index contributed by atoms with van der Waals surface area (Å²) in [6, 6.07) is 3.83. The topological polar surface area (TPSA) is 83.7 Å². The average molecular weight is 366 g/mol. The van der Waals surface area contributed by atoms with E-state index < -0.39 is 22.0 Å². The maximum Gasteiger partial charge on any atom is 0.243 e. The summed E-state index contributed by atoms with van der Waals surface area (Å²) in [6.07, 6.45) is 0. The Morgan fingerprint density at radius 1 is 1.18 bits per heavy atom. The Morgan fingerprint density at radius 3 is 2.27 bits per heavy atom. The summed E-state index contributed by atoms with van der Waals surface area (Å²) in [7, 11) is -3.62. The fourth-order valence-electron chi connectivity index (χ4n) is 2.30. The Hall–Kier alpha value is -0.860. The molecule has 1 heterocycles. The Morgan fingerprint density at radius 2 is 1.77 bits per heavy atom. The molecule has 1 aromatic rings. The Kier molecular flexibility index (Phi) is 5.34. The van der Waals surface area contributed by atoms with Crippen LogP contribution in [-0.4, -0.2) is 55.8 Å². The molecule has 0 unspecified atom stereocenters. The van der Waals surface area contributed by atoms with E-state index in [-0.39, 0.29) is 9.92 Å². The van der Waals surface area contributed by atoms with Crippen molar-refractivity contribution in [2.45, 2.75) is 17.9 Å². The second-order valence-corrected chi connectivity index (χ2v) is 7.85. The first-order chi connectivity index (χ1) is 10.2. The molecule has 1 amide bonds. The summed E-state index contributed by atoms with van der Waals surface area (Å²) in [4.78, 5) is 13.2. The number of hydrogen-bond donors (Lipinski definition) is 1. The molecule has 0 bridgehead atoms. The van der Waals surface area contributed by atoms with Crippen LogP contribution in [0.3, 0.4) is 0 Å². The summed E-state index contributed by atoms with van der Waals surface area (Å²) >= 11 is 11.7. The van der Waals surface area contributed by atoms with Crippen molar-refractivity contribution < 1.29 is 13.2 Å². The van der Waals surface area contributed by atoms with Crippen LogP contribution in [0.5, 0.6) is 0 Å². The summed E-state index contributed by atoms with van der Waals surface area (Å²) in [5.41, 5.74) is 5.27. The van der Waals surface area contributed by atoms with Gasteiger partial charge in [-0.3, -0.25) is 9.69 Å². The number of carbonyl (C=O) groups is 1. The zero-order valence-electron chi connectivity index (χ0n) is 12.0. The highest BCUT2D eigenvalue weighted by molar-refractivity contribution is 7.89. The molecule has 0 saturated carbocycles. The number of piperazine rings is 1. The molecule has 0 aliphatic carbocycles. The third kappa shape index (κ3) is 3.55. The SMILES string of the molecule is C[C@@H](C(N)=O)N1CCN(S(=O)(=O)c2ccc(Cl)c(Cl)c2)CC1. The summed E-state index contributed by atoms with van der Waals surface area (Å²) < 4.78 is 26.5. The number of hydrogen-bond acceptors (Lipinski definition) is 4. The summed E-state index contributed by atoms with van der Waals surface area (Å²) in [6.45, 7) is 3.20. The van der Waals surface area contributed by atoms with Gasteiger partial charge in [0.2, 0.25) is 15.9 Å². The molecule has 122 valence electrons. The molecule has 6 nitrogen and oxygen atoms in total. The van der Waals surface area contributed by atoms with Crippen LogP contribution in [0.4, 0.5) is 0 Å². The average Bonchev–Trinajstić information content (AvgIpc) is 2.49. The van der Waals surface area contributed by atoms with Gasteiger partial charge in [-0.2, -0.15) is 4.31 Å². The van der Waals surface area contributed by atoms with Crippen molar-refractivity contribution in [1.29, 1.82) is 0 Å². The van der Waals surface area contributed by atoms with Gasteiger partial charge in [-0.05, 0) is 25.1 Å². The summed E-state index contributed by atoms with van der Waals surface area (Å²) in [5.74, 6) is -0.416. The van der Waals surface area contributed by atoms with E-state index in [1.165, 1.54) is 22.5 Å². The lowest BCUT2D eigenvalue weighted by atomic mass is 10.2. The van der Waals surface area contributed by atoms with Crippen LogP contribution >= 0.6 is 23.2 Å². The van der Waals surface area contributed by atoms with Crippen molar-refractivity contribution in [1.82, 2.24) is 9.21 Å². The largest absolute Gasteiger partial charge is 0.368 e. The van der Waals surface area contributed by atoms with Crippen LogP contribution in [0, 0.1) is 0 Å². The predicted molar refractivity (Wildman–Crippen MR) is 85.5 cm³/mol. The van der Waals surface area contributed by atoms with Crippen molar-refractivity contribution in [2.75, 3.05) is 26.2 Å². The minimum Gasteiger partial charge on any atom is -0.368 e. The minimum absolute atomic E-state index is 0.110. The summed E-state index contributed by atoms with van der Waals surface area (Å²) in [5, 5.41) is 0.504. The molecule has 2 rings (SSSR count). The Bertz CT molecular complexity index is 673. The number of benzene rings is 1. The maximum absolute atomic E-state index is 12.6. The van der Waals surface area contributed by atoms with Crippen molar-refractivity contribution in [3.63, 3.8) is 0 Å². The molecule has 1 atom stereocenters. The highest BCUT2D eigenvalue weighted by Gasteiger charge is 2.31. The fraction of sp³-hybridized carbons (Fsp3) is 0.462. The second-order valence-electron chi connectivity index (χ2n) is 5.09. The normalized spacial score (nSPS) is 19.0. The number of amides is 1. The first kappa shape index (κ1) is 17.5. The van der Waals surface area contributed by atoms with Crippen LogP contribution < -0.4 is 5.73 Å². The predicted octanol–water partition coefficient (Wildman–Crippen LogP) is 1.17. The zero-order valence-corrected chi connectivity index (χ0v) is 14.3. The van der Waals surface area contributed by atoms with E-state index in [0.717, 1.165) is 0 Å². The first-order valence-electron chi connectivity index (χ1n) is 6.72. The molecule has 1 aliphatic rings. The van der Waals surface area contributed by atoms with Gasteiger partial charge >= 0.3 is 0 Å². The van der Waals surface area contributed by atoms with Gasteiger partial charge in [0.25, 0.3) is 0 Å². The van der Waals surface area contributed by atoms with Crippen LogP contribution in [0.2, 0.25) is 10.0 Å². The third-order valence-electron chi connectivity index (χ3n) is 3.76. The molecule has 9 heteroatoms. The van der Waals surface area contributed by atoms with Gasteiger partial charge in [0, 0.05) is 26.2 Å². The van der Waals surface area contributed by atoms with E-state index in [0.29, 0.717) is 31.2 Å². The fourth-order valence-corrected chi connectivity index (χ4v) is 4.11. The quantitative estimate of drug-likeness (QED) is 0.867. The van der Waals surface area contributed by atoms with E-state index in [9.17, 15) is 13.2 Å². The molecular formula is C13H17Cl2N3O3S. The van der Waals surface area contributed by atoms with Gasteiger partial charge in [0.1, 0.15) is 0 Å². The Labute approximate surface area is 139 Å². The van der Waals surface area contributed by atoms with Crippen LogP contribution in [0.1, 0.15) is 6.92 Å². The number of nitrogens with zero attached hydrogens (tertiary/aromatic N) is 2. The van der Waals surface area contributed by atoms with Crippen molar-refractivity contribution >= 4 is 39.1 Å². The molecule has 0 aromatic heterocycles. The van der Waals surface area contributed by atoms with E-state index in [1.54, 1.807) is 6.92 Å². The van der Waals surface area contributed by atoms with Gasteiger partial charge < -0.3 is 5.73 Å². The number of halogens is 2. The first-order valence-corrected chi connectivity index (χ1v) is 8.91. The number of nitrogens with two attached hydrogens (primary N) is 1. The van der Waals surface area contributed by atoms with Gasteiger partial charge in [-0.25, -0.2) is 8.42 Å². The molecular weight excluding hydrogens is 349 g/mol. The number of rotatable bonds is 4. The van der Waals surface area contributed by atoms with Crippen molar-refractivity contribution in [3.05, 3.63) is 28.2 Å². The van der Waals surface area contributed by atoms with Gasteiger partial charge in [-0.15, -0.1) is 0 Å². The number of carbonyl (C=O) groups excluding carboxylic acids is 1. The van der Waals surface area contributed by atoms with Crippen molar-refractivity contribution in [3.8, 4) is 0 Å². The lowest BCUT2D eigenvalue weighted by Crippen LogP contribution is -2.54. The molecule has 22 heavy (non-hydrogen) atoms. The highest BCUT2D eigenvalue weighted by Crippen LogP contribution is 2.27. The molecule has 1 saturated heterocycles. The third-order valence-corrected chi connectivity index (χ3v) is 6.40. The van der Waals surface area contributed by atoms with Crippen LogP contribution in [0.15, 0.2) is 23.1 Å². The monoisotopic (exact) mass is 365 g/mol. The lowest BCUT2D eigenvalue weighted by molar-refractivity contribution is -0.123. The van der Waals surface area contributed by atoms with E-state index in [2.05, 4.69) is 0 Å². The van der Waals surface area contributed by atoms with E-state index in [4.69, 9.17) is 28.9 Å².